The summed E-state index contributed by atoms with van der Waals surface area (Å²) in [5, 5.41) is 2.78. The minimum Gasteiger partial charge on any atom is -0.302 e. The van der Waals surface area contributed by atoms with Gasteiger partial charge in [0.05, 0.1) is 11.3 Å². The first kappa shape index (κ1) is 19.3. The molecule has 0 radical (unpaired) electrons. The summed E-state index contributed by atoms with van der Waals surface area (Å²) in [6.45, 7) is 4.37. The number of hydrogen-bond acceptors (Lipinski definition) is 4. The maximum absolute atomic E-state index is 13.7. The average molecular weight is 375 g/mol. The number of anilines is 1. The number of nitrogens with zero attached hydrogens (tertiary/aromatic N) is 2. The van der Waals surface area contributed by atoms with E-state index < -0.39 is 17.6 Å². The minimum atomic E-state index is -4.66. The first-order chi connectivity index (χ1) is 11.6. The number of benzene rings is 1. The van der Waals surface area contributed by atoms with Crippen molar-refractivity contribution < 1.29 is 22.4 Å². The monoisotopic (exact) mass is 375 g/mol. The lowest BCUT2D eigenvalue weighted by molar-refractivity contribution is -0.137. The highest BCUT2D eigenvalue weighted by Crippen LogP contribution is 2.36. The number of aromatic nitrogens is 1. The number of carbonyl (C=O) groups excluding carboxylic acids is 1. The van der Waals surface area contributed by atoms with Gasteiger partial charge in [0.15, 0.2) is 5.13 Å². The molecule has 136 valence electrons. The Balaban J connectivity index is 2.54. The van der Waals surface area contributed by atoms with Crippen LogP contribution < -0.4 is 5.32 Å². The Morgan fingerprint density at radius 1 is 1.32 bits per heavy atom. The van der Waals surface area contributed by atoms with Gasteiger partial charge in [-0.3, -0.25) is 4.79 Å². The number of alkyl halides is 3. The smallest absolute Gasteiger partial charge is 0.302 e. The van der Waals surface area contributed by atoms with Crippen molar-refractivity contribution in [2.45, 2.75) is 26.6 Å². The molecule has 2 aromatic rings. The first-order valence-electron chi connectivity index (χ1n) is 7.44. The van der Waals surface area contributed by atoms with E-state index in [2.05, 4.69) is 10.3 Å². The molecule has 0 fully saturated rings. The second-order valence-corrected chi connectivity index (χ2v) is 6.61. The van der Waals surface area contributed by atoms with Gasteiger partial charge in [-0.2, -0.15) is 13.2 Å². The molecule has 0 bridgehead atoms. The molecule has 0 saturated heterocycles. The van der Waals surface area contributed by atoms with E-state index >= 15 is 0 Å². The van der Waals surface area contributed by atoms with Crippen LogP contribution in [-0.2, 0) is 17.5 Å². The Hall–Kier alpha value is -2.00. The van der Waals surface area contributed by atoms with E-state index in [4.69, 9.17) is 0 Å². The second-order valence-electron chi connectivity index (χ2n) is 5.53. The van der Waals surface area contributed by atoms with E-state index in [1.54, 1.807) is 0 Å². The minimum absolute atomic E-state index is 0.0275. The summed E-state index contributed by atoms with van der Waals surface area (Å²) in [4.78, 5) is 18.0. The lowest BCUT2D eigenvalue weighted by Crippen LogP contribution is -2.16. The summed E-state index contributed by atoms with van der Waals surface area (Å²) in [7, 11) is 1.84. The molecular formula is C16H17F4N3OS. The van der Waals surface area contributed by atoms with Crippen molar-refractivity contribution >= 4 is 22.4 Å². The van der Waals surface area contributed by atoms with Crippen LogP contribution in [0.2, 0.25) is 0 Å². The molecule has 0 saturated carbocycles. The average Bonchev–Trinajstić information content (AvgIpc) is 2.87. The van der Waals surface area contributed by atoms with Gasteiger partial charge in [-0.15, -0.1) is 0 Å². The van der Waals surface area contributed by atoms with Crippen LogP contribution in [0.1, 0.15) is 24.3 Å². The molecule has 1 heterocycles. The number of amides is 1. The SMILES string of the molecule is CCN(C)Cc1sc(NC(C)=O)nc1-c1cc(F)cc(C(F)(F)F)c1. The van der Waals surface area contributed by atoms with Gasteiger partial charge in [0.1, 0.15) is 5.82 Å². The molecule has 1 amide bonds. The Morgan fingerprint density at radius 3 is 2.56 bits per heavy atom. The van der Waals surface area contributed by atoms with Gasteiger partial charge in [-0.1, -0.05) is 18.3 Å². The molecule has 25 heavy (non-hydrogen) atoms. The maximum atomic E-state index is 13.7. The molecule has 1 N–H and O–H groups in total. The third-order valence-corrected chi connectivity index (χ3v) is 4.39. The third-order valence-electron chi connectivity index (χ3n) is 3.43. The van der Waals surface area contributed by atoms with Crippen LogP contribution in [0.4, 0.5) is 22.7 Å². The lowest BCUT2D eigenvalue weighted by atomic mass is 10.1. The Kier molecular flexibility index (Phi) is 5.79. The molecular weight excluding hydrogens is 358 g/mol. The fourth-order valence-corrected chi connectivity index (χ4v) is 3.25. The van der Waals surface area contributed by atoms with E-state index in [9.17, 15) is 22.4 Å². The third kappa shape index (κ3) is 4.99. The fourth-order valence-electron chi connectivity index (χ4n) is 2.14. The first-order valence-corrected chi connectivity index (χ1v) is 8.25. The molecule has 0 spiro atoms. The maximum Gasteiger partial charge on any atom is 0.416 e. The molecule has 1 aromatic heterocycles. The normalized spacial score (nSPS) is 11.8. The van der Waals surface area contributed by atoms with Crippen LogP contribution in [0.5, 0.6) is 0 Å². The van der Waals surface area contributed by atoms with E-state index in [0.29, 0.717) is 24.0 Å². The Morgan fingerprint density at radius 2 is 2.00 bits per heavy atom. The molecule has 4 nitrogen and oxygen atoms in total. The van der Waals surface area contributed by atoms with Gasteiger partial charge in [-0.05, 0) is 31.8 Å². The molecule has 0 unspecified atom stereocenters. The number of rotatable bonds is 5. The molecule has 0 aliphatic carbocycles. The van der Waals surface area contributed by atoms with Gasteiger partial charge in [-0.25, -0.2) is 9.37 Å². The van der Waals surface area contributed by atoms with E-state index in [0.717, 1.165) is 23.5 Å². The number of thiazole rings is 1. The van der Waals surface area contributed by atoms with Crippen molar-refractivity contribution in [2.24, 2.45) is 0 Å². The van der Waals surface area contributed by atoms with Crippen LogP contribution in [0.3, 0.4) is 0 Å². The molecule has 2 rings (SSSR count). The number of nitrogens with one attached hydrogen (secondary N) is 1. The summed E-state index contributed by atoms with van der Waals surface area (Å²) in [5.41, 5.74) is -0.815. The summed E-state index contributed by atoms with van der Waals surface area (Å²) < 4.78 is 52.6. The summed E-state index contributed by atoms with van der Waals surface area (Å²) in [6, 6.07) is 2.32. The highest BCUT2D eigenvalue weighted by Gasteiger charge is 2.32. The Labute approximate surface area is 146 Å². The summed E-state index contributed by atoms with van der Waals surface area (Å²) in [5.74, 6) is -1.33. The molecule has 0 aliphatic heterocycles. The highest BCUT2D eigenvalue weighted by molar-refractivity contribution is 7.16. The van der Waals surface area contributed by atoms with Crippen LogP contribution >= 0.6 is 11.3 Å². The van der Waals surface area contributed by atoms with Crippen molar-refractivity contribution in [1.29, 1.82) is 0 Å². The Bertz CT molecular complexity index is 773. The largest absolute Gasteiger partial charge is 0.416 e. The highest BCUT2D eigenvalue weighted by atomic mass is 32.1. The number of carbonyl (C=O) groups is 1. The fraction of sp³-hybridized carbons (Fsp3) is 0.375. The van der Waals surface area contributed by atoms with Crippen molar-refractivity contribution in [2.75, 3.05) is 18.9 Å². The van der Waals surface area contributed by atoms with Crippen LogP contribution in [-0.4, -0.2) is 29.4 Å². The van der Waals surface area contributed by atoms with E-state index in [1.807, 2.05) is 18.9 Å². The molecule has 1 aromatic carbocycles. The van der Waals surface area contributed by atoms with Gasteiger partial charge in [0.25, 0.3) is 0 Å². The van der Waals surface area contributed by atoms with Crippen molar-refractivity contribution in [3.05, 3.63) is 34.5 Å². The van der Waals surface area contributed by atoms with Gasteiger partial charge in [0.2, 0.25) is 5.91 Å². The van der Waals surface area contributed by atoms with Gasteiger partial charge >= 0.3 is 6.18 Å². The summed E-state index contributed by atoms with van der Waals surface area (Å²) in [6.07, 6.45) is -4.66. The number of halogens is 4. The zero-order valence-electron chi connectivity index (χ0n) is 13.9. The lowest BCUT2D eigenvalue weighted by Gasteiger charge is -2.14. The molecule has 0 aliphatic rings. The van der Waals surface area contributed by atoms with Crippen LogP contribution in [0.25, 0.3) is 11.3 Å². The zero-order chi connectivity index (χ0) is 18.8. The van der Waals surface area contributed by atoms with Crippen molar-refractivity contribution in [3.8, 4) is 11.3 Å². The molecule has 0 atom stereocenters. The predicted octanol–water partition coefficient (Wildman–Crippen LogP) is 4.38. The topological polar surface area (TPSA) is 45.2 Å². The number of hydrogen-bond donors (Lipinski definition) is 1. The standard InChI is InChI=1S/C16H17F4N3OS/c1-4-23(3)8-13-14(22-15(25-13)21-9(2)24)10-5-11(16(18,19)20)7-12(17)6-10/h5-7H,4,8H2,1-3H3,(H,21,22,24). The second kappa shape index (κ2) is 7.49. The quantitative estimate of drug-likeness (QED) is 0.789. The van der Waals surface area contributed by atoms with E-state index in [1.165, 1.54) is 6.92 Å². The van der Waals surface area contributed by atoms with Crippen LogP contribution in [0, 0.1) is 5.82 Å². The van der Waals surface area contributed by atoms with Crippen LogP contribution in [0.15, 0.2) is 18.2 Å². The van der Waals surface area contributed by atoms with Crippen molar-refractivity contribution in [1.82, 2.24) is 9.88 Å². The van der Waals surface area contributed by atoms with Crippen molar-refractivity contribution in [3.63, 3.8) is 0 Å². The zero-order valence-corrected chi connectivity index (χ0v) is 14.7. The summed E-state index contributed by atoms with van der Waals surface area (Å²) >= 11 is 1.16. The molecule has 9 heteroatoms. The van der Waals surface area contributed by atoms with Gasteiger partial charge in [0, 0.05) is 23.9 Å². The van der Waals surface area contributed by atoms with Gasteiger partial charge < -0.3 is 10.2 Å². The van der Waals surface area contributed by atoms with E-state index in [-0.39, 0.29) is 22.3 Å². The predicted molar refractivity (Wildman–Crippen MR) is 88.8 cm³/mol.